The van der Waals surface area contributed by atoms with Gasteiger partial charge in [-0.05, 0) is 12.5 Å². The van der Waals surface area contributed by atoms with Gasteiger partial charge in [0, 0.05) is 12.6 Å². The number of aromatic nitrogens is 3. The summed E-state index contributed by atoms with van der Waals surface area (Å²) < 4.78 is 1.42. The topological polar surface area (TPSA) is 111 Å². The Kier molecular flexibility index (Phi) is 2.92. The Balaban J connectivity index is 2.75. The summed E-state index contributed by atoms with van der Waals surface area (Å²) in [4.78, 5) is 21.2. The van der Waals surface area contributed by atoms with Crippen LogP contribution < -0.4 is 0 Å². The van der Waals surface area contributed by atoms with Gasteiger partial charge in [0.2, 0.25) is 0 Å². The van der Waals surface area contributed by atoms with Crippen LogP contribution in [-0.4, -0.2) is 31.0 Å². The minimum Gasteiger partial charge on any atom is -0.478 e. The molecule has 18 heavy (non-hydrogen) atoms. The van der Waals surface area contributed by atoms with E-state index in [0.717, 1.165) is 12.5 Å². The van der Waals surface area contributed by atoms with E-state index >= 15 is 0 Å². The maximum absolute atomic E-state index is 11.0. The molecule has 1 aromatic carbocycles. The zero-order valence-electron chi connectivity index (χ0n) is 9.53. The Morgan fingerprint density at radius 2 is 2.28 bits per heavy atom. The van der Waals surface area contributed by atoms with Crippen molar-refractivity contribution in [3.8, 4) is 0 Å². The molecule has 0 saturated heterocycles. The average molecular weight is 250 g/mol. The van der Waals surface area contributed by atoms with E-state index in [1.807, 2.05) is 6.92 Å². The van der Waals surface area contributed by atoms with E-state index in [-0.39, 0.29) is 22.3 Å². The van der Waals surface area contributed by atoms with Crippen molar-refractivity contribution in [3.05, 3.63) is 27.8 Å². The number of nitrogens with zero attached hydrogens (tertiary/aromatic N) is 4. The van der Waals surface area contributed by atoms with Crippen LogP contribution in [0.25, 0.3) is 11.0 Å². The predicted octanol–water partition coefficient (Wildman–Crippen LogP) is 1.45. The van der Waals surface area contributed by atoms with Crippen LogP contribution in [0.15, 0.2) is 12.1 Å². The first-order valence-corrected chi connectivity index (χ1v) is 5.29. The molecular weight excluding hydrogens is 240 g/mol. The van der Waals surface area contributed by atoms with Crippen molar-refractivity contribution in [3.63, 3.8) is 0 Å². The Bertz CT molecular complexity index is 634. The highest BCUT2D eigenvalue weighted by atomic mass is 16.6. The number of rotatable bonds is 4. The van der Waals surface area contributed by atoms with Gasteiger partial charge in [-0.3, -0.25) is 10.1 Å². The van der Waals surface area contributed by atoms with Crippen molar-refractivity contribution >= 4 is 22.7 Å². The lowest BCUT2D eigenvalue weighted by Gasteiger charge is -2.01. The molecule has 1 heterocycles. The Labute approximate surface area is 101 Å². The summed E-state index contributed by atoms with van der Waals surface area (Å²) in [6.45, 7) is 2.40. The second-order valence-electron chi connectivity index (χ2n) is 3.74. The number of fused-ring (bicyclic) bond motifs is 1. The average Bonchev–Trinajstić information content (AvgIpc) is 2.71. The van der Waals surface area contributed by atoms with Crippen molar-refractivity contribution in [1.29, 1.82) is 0 Å². The fourth-order valence-electron chi connectivity index (χ4n) is 1.72. The largest absolute Gasteiger partial charge is 0.478 e. The molecule has 2 rings (SSSR count). The number of aryl methyl sites for hydroxylation is 1. The number of nitro groups is 1. The van der Waals surface area contributed by atoms with E-state index in [4.69, 9.17) is 5.11 Å². The van der Waals surface area contributed by atoms with Crippen molar-refractivity contribution < 1.29 is 14.8 Å². The smallest absolute Gasteiger partial charge is 0.336 e. The molecule has 0 atom stereocenters. The molecule has 0 aliphatic heterocycles. The van der Waals surface area contributed by atoms with Gasteiger partial charge in [-0.1, -0.05) is 12.1 Å². The minimum absolute atomic E-state index is 0.169. The maximum atomic E-state index is 11.0. The van der Waals surface area contributed by atoms with Crippen LogP contribution >= 0.6 is 0 Å². The third-order valence-corrected chi connectivity index (χ3v) is 2.47. The summed E-state index contributed by atoms with van der Waals surface area (Å²) in [6.07, 6.45) is 0.746. The molecule has 1 aromatic heterocycles. The number of benzene rings is 1. The Morgan fingerprint density at radius 3 is 2.83 bits per heavy atom. The third-order valence-electron chi connectivity index (χ3n) is 2.47. The first kappa shape index (κ1) is 12.0. The van der Waals surface area contributed by atoms with Crippen molar-refractivity contribution in [2.75, 3.05) is 0 Å². The van der Waals surface area contributed by atoms with E-state index in [9.17, 15) is 14.9 Å². The fourth-order valence-corrected chi connectivity index (χ4v) is 1.72. The monoisotopic (exact) mass is 250 g/mol. The summed E-state index contributed by atoms with van der Waals surface area (Å²) in [6, 6.07) is 2.31. The molecule has 94 valence electrons. The summed E-state index contributed by atoms with van der Waals surface area (Å²) in [7, 11) is 0. The van der Waals surface area contributed by atoms with Crippen LogP contribution in [0.3, 0.4) is 0 Å². The second-order valence-corrected chi connectivity index (χ2v) is 3.74. The molecule has 0 fully saturated rings. The standard InChI is InChI=1S/C10H10N4O4/c1-2-3-13-9-7(11-12-13)4-6(10(15)16)5-8(9)14(17)18/h4-5H,2-3H2,1H3,(H,15,16). The molecule has 8 nitrogen and oxygen atoms in total. The van der Waals surface area contributed by atoms with Crippen LogP contribution in [0.1, 0.15) is 23.7 Å². The summed E-state index contributed by atoms with van der Waals surface area (Å²) in [5.41, 5.74) is 0.0167. The van der Waals surface area contributed by atoms with Crippen LogP contribution in [0.5, 0.6) is 0 Å². The highest BCUT2D eigenvalue weighted by molar-refractivity contribution is 5.96. The van der Waals surface area contributed by atoms with Crippen molar-refractivity contribution in [1.82, 2.24) is 15.0 Å². The van der Waals surface area contributed by atoms with Gasteiger partial charge in [0.15, 0.2) is 5.52 Å². The number of hydrogen-bond acceptors (Lipinski definition) is 5. The SMILES string of the molecule is CCCn1nnc2cc(C(=O)O)cc([N+](=O)[O-])c21. The van der Waals surface area contributed by atoms with Crippen LogP contribution in [0.2, 0.25) is 0 Å². The lowest BCUT2D eigenvalue weighted by Crippen LogP contribution is -2.03. The van der Waals surface area contributed by atoms with E-state index in [1.54, 1.807) is 0 Å². The lowest BCUT2D eigenvalue weighted by molar-refractivity contribution is -0.383. The molecule has 0 unspecified atom stereocenters. The van der Waals surface area contributed by atoms with Gasteiger partial charge in [0.05, 0.1) is 10.5 Å². The summed E-state index contributed by atoms with van der Waals surface area (Å²) >= 11 is 0. The predicted molar refractivity (Wildman–Crippen MR) is 61.4 cm³/mol. The second kappa shape index (κ2) is 4.40. The number of aromatic carboxylic acids is 1. The van der Waals surface area contributed by atoms with E-state index in [0.29, 0.717) is 6.54 Å². The van der Waals surface area contributed by atoms with Gasteiger partial charge >= 0.3 is 5.97 Å². The molecule has 2 aromatic rings. The first-order valence-electron chi connectivity index (χ1n) is 5.29. The molecule has 0 spiro atoms. The molecule has 0 bridgehead atoms. The number of carbonyl (C=O) groups is 1. The number of hydrogen-bond donors (Lipinski definition) is 1. The Hall–Kier alpha value is -2.51. The van der Waals surface area contributed by atoms with Crippen LogP contribution in [0.4, 0.5) is 5.69 Å². The molecule has 0 radical (unpaired) electrons. The van der Waals surface area contributed by atoms with Crippen LogP contribution in [-0.2, 0) is 6.54 Å². The number of carboxylic acids is 1. The number of non-ortho nitro benzene ring substituents is 1. The van der Waals surface area contributed by atoms with Gasteiger partial charge in [0.25, 0.3) is 5.69 Å². The zero-order chi connectivity index (χ0) is 13.3. The van der Waals surface area contributed by atoms with E-state index < -0.39 is 10.9 Å². The quantitative estimate of drug-likeness (QED) is 0.649. The maximum Gasteiger partial charge on any atom is 0.336 e. The van der Waals surface area contributed by atoms with Crippen molar-refractivity contribution in [2.45, 2.75) is 19.9 Å². The molecule has 0 saturated carbocycles. The molecule has 1 N–H and O–H groups in total. The molecule has 0 aliphatic rings. The van der Waals surface area contributed by atoms with E-state index in [2.05, 4.69) is 10.3 Å². The van der Waals surface area contributed by atoms with Crippen molar-refractivity contribution in [2.24, 2.45) is 0 Å². The number of carboxylic acid groups (broad SMARTS) is 1. The summed E-state index contributed by atoms with van der Waals surface area (Å²) in [5, 5.41) is 27.4. The fraction of sp³-hybridized carbons (Fsp3) is 0.300. The van der Waals surface area contributed by atoms with Gasteiger partial charge in [-0.15, -0.1) is 5.10 Å². The lowest BCUT2D eigenvalue weighted by atomic mass is 10.1. The minimum atomic E-state index is -1.23. The van der Waals surface area contributed by atoms with Crippen LogP contribution in [0, 0.1) is 10.1 Å². The first-order chi connectivity index (χ1) is 8.54. The molecule has 0 amide bonds. The Morgan fingerprint density at radius 1 is 1.56 bits per heavy atom. The highest BCUT2D eigenvalue weighted by Gasteiger charge is 2.21. The zero-order valence-corrected chi connectivity index (χ0v) is 9.53. The molecule has 8 heteroatoms. The molecular formula is C10H10N4O4. The van der Waals surface area contributed by atoms with Gasteiger partial charge in [-0.2, -0.15) is 0 Å². The molecule has 0 aliphatic carbocycles. The van der Waals surface area contributed by atoms with Gasteiger partial charge in [0.1, 0.15) is 5.52 Å². The summed E-state index contributed by atoms with van der Waals surface area (Å²) in [5.74, 6) is -1.23. The normalized spacial score (nSPS) is 10.7. The van der Waals surface area contributed by atoms with E-state index in [1.165, 1.54) is 10.7 Å². The van der Waals surface area contributed by atoms with Gasteiger partial charge < -0.3 is 5.11 Å². The van der Waals surface area contributed by atoms with Gasteiger partial charge in [-0.25, -0.2) is 9.48 Å². The third kappa shape index (κ3) is 1.88. The highest BCUT2D eigenvalue weighted by Crippen LogP contribution is 2.26. The number of nitro benzene ring substituents is 1.